The van der Waals surface area contributed by atoms with E-state index < -0.39 is 0 Å². The fraction of sp³-hybridized carbons (Fsp3) is 0.455. The molecule has 1 heterocycles. The van der Waals surface area contributed by atoms with Gasteiger partial charge in [0.25, 0.3) is 5.69 Å². The number of rotatable bonds is 2. The molecule has 1 aliphatic rings. The molecule has 1 aromatic carbocycles. The lowest BCUT2D eigenvalue weighted by Crippen LogP contribution is -2.21. The second-order valence-electron chi connectivity index (χ2n) is 3.79. The Bertz CT molecular complexity index is 418. The minimum atomic E-state index is -0.309. The van der Waals surface area contributed by atoms with Crippen LogP contribution in [0.5, 0.6) is 0 Å². The van der Waals surface area contributed by atoms with Crippen LogP contribution in [0.2, 0.25) is 0 Å². The molecule has 0 radical (unpaired) electrons. The zero-order chi connectivity index (χ0) is 12.3. The zero-order valence-electron chi connectivity index (χ0n) is 9.59. The molecule has 4 nitrogen and oxygen atoms in total. The first-order chi connectivity index (χ1) is 8.20. The molecule has 0 amide bonds. The van der Waals surface area contributed by atoms with Gasteiger partial charge in [-0.15, -0.1) is 23.5 Å². The highest BCUT2D eigenvalue weighted by atomic mass is 32.2. The lowest BCUT2D eigenvalue weighted by molar-refractivity contribution is -0.385. The highest BCUT2D eigenvalue weighted by Crippen LogP contribution is 2.31. The molecule has 0 spiro atoms. The zero-order valence-corrected chi connectivity index (χ0v) is 11.2. The molecule has 0 bridgehead atoms. The number of anilines is 1. The largest absolute Gasteiger partial charge is 0.353 e. The van der Waals surface area contributed by atoms with E-state index in [1.807, 2.05) is 36.5 Å². The van der Waals surface area contributed by atoms with Crippen LogP contribution in [-0.2, 0) is 0 Å². The van der Waals surface area contributed by atoms with Gasteiger partial charge in [0.2, 0.25) is 0 Å². The Hall–Kier alpha value is -0.880. The van der Waals surface area contributed by atoms with Crippen molar-refractivity contribution in [3.05, 3.63) is 33.9 Å². The lowest BCUT2D eigenvalue weighted by Gasteiger charge is -2.23. The average molecular weight is 270 g/mol. The van der Waals surface area contributed by atoms with Crippen LogP contribution in [0, 0.1) is 17.0 Å². The first-order valence-corrected chi connectivity index (χ1v) is 7.65. The first kappa shape index (κ1) is 12.6. The van der Waals surface area contributed by atoms with Crippen LogP contribution in [0.15, 0.2) is 18.2 Å². The maximum absolute atomic E-state index is 10.9. The van der Waals surface area contributed by atoms with E-state index in [0.717, 1.165) is 34.5 Å². The second-order valence-corrected chi connectivity index (χ2v) is 5.94. The van der Waals surface area contributed by atoms with Crippen LogP contribution in [-0.4, -0.2) is 28.2 Å². The van der Waals surface area contributed by atoms with E-state index in [1.165, 1.54) is 0 Å². The van der Waals surface area contributed by atoms with Gasteiger partial charge < -0.3 is 4.90 Å². The molecule has 92 valence electrons. The molecule has 0 atom stereocenters. The summed E-state index contributed by atoms with van der Waals surface area (Å²) >= 11 is 3.75. The van der Waals surface area contributed by atoms with E-state index in [2.05, 4.69) is 4.90 Å². The van der Waals surface area contributed by atoms with Gasteiger partial charge in [0.05, 0.1) is 22.2 Å². The maximum atomic E-state index is 10.9. The molecule has 17 heavy (non-hydrogen) atoms. The van der Waals surface area contributed by atoms with E-state index in [4.69, 9.17) is 0 Å². The minimum absolute atomic E-state index is 0.210. The van der Waals surface area contributed by atoms with Crippen molar-refractivity contribution in [2.24, 2.45) is 0 Å². The van der Waals surface area contributed by atoms with Crippen LogP contribution < -0.4 is 4.90 Å². The van der Waals surface area contributed by atoms with Gasteiger partial charge in [0, 0.05) is 23.3 Å². The summed E-state index contributed by atoms with van der Waals surface area (Å²) in [6.07, 6.45) is 0. The van der Waals surface area contributed by atoms with Gasteiger partial charge in [-0.3, -0.25) is 10.1 Å². The smallest absolute Gasteiger partial charge is 0.274 e. The van der Waals surface area contributed by atoms with Crippen LogP contribution in [0.3, 0.4) is 0 Å². The fourth-order valence-corrected chi connectivity index (χ4v) is 4.01. The Morgan fingerprint density at radius 1 is 1.29 bits per heavy atom. The third kappa shape index (κ3) is 2.87. The van der Waals surface area contributed by atoms with Crippen molar-refractivity contribution in [2.45, 2.75) is 6.92 Å². The summed E-state index contributed by atoms with van der Waals surface area (Å²) in [4.78, 5) is 12.8. The Morgan fingerprint density at radius 3 is 2.53 bits per heavy atom. The summed E-state index contributed by atoms with van der Waals surface area (Å²) in [5.74, 6) is 4.12. The molecule has 0 N–H and O–H groups in total. The summed E-state index contributed by atoms with van der Waals surface area (Å²) in [5.41, 5.74) is 1.96. The van der Waals surface area contributed by atoms with Crippen molar-refractivity contribution in [3.63, 3.8) is 0 Å². The van der Waals surface area contributed by atoms with Gasteiger partial charge in [-0.05, 0) is 13.0 Å². The number of nitrogens with zero attached hydrogens (tertiary/aromatic N) is 2. The summed E-state index contributed by atoms with van der Waals surface area (Å²) in [5, 5.41) is 10.9. The van der Waals surface area contributed by atoms with Crippen LogP contribution in [0.4, 0.5) is 11.4 Å². The van der Waals surface area contributed by atoms with Crippen molar-refractivity contribution in [3.8, 4) is 0 Å². The summed E-state index contributed by atoms with van der Waals surface area (Å²) < 4.78 is 0. The summed E-state index contributed by atoms with van der Waals surface area (Å²) in [7, 11) is 0. The van der Waals surface area contributed by atoms with Crippen LogP contribution in [0.25, 0.3) is 0 Å². The number of hydrogen-bond acceptors (Lipinski definition) is 5. The molecule has 2 rings (SSSR count). The van der Waals surface area contributed by atoms with E-state index in [9.17, 15) is 10.1 Å². The number of nitro groups is 1. The predicted molar refractivity (Wildman–Crippen MR) is 75.0 cm³/mol. The molecule has 1 aromatic rings. The molecule has 1 fully saturated rings. The van der Waals surface area contributed by atoms with E-state index in [-0.39, 0.29) is 10.6 Å². The number of thioether (sulfide) groups is 2. The summed E-state index contributed by atoms with van der Waals surface area (Å²) in [6, 6.07) is 5.30. The first-order valence-electron chi connectivity index (χ1n) is 5.34. The van der Waals surface area contributed by atoms with E-state index in [1.54, 1.807) is 12.1 Å². The fourth-order valence-electron chi connectivity index (χ4n) is 1.80. The Kier molecular flexibility index (Phi) is 4.17. The number of hydrogen-bond donors (Lipinski definition) is 0. The molecule has 0 unspecified atom stereocenters. The average Bonchev–Trinajstić information content (AvgIpc) is 2.57. The maximum Gasteiger partial charge on any atom is 0.274 e. The van der Waals surface area contributed by atoms with Crippen LogP contribution >= 0.6 is 23.5 Å². The van der Waals surface area contributed by atoms with Gasteiger partial charge in [0.15, 0.2) is 0 Å². The summed E-state index contributed by atoms with van der Waals surface area (Å²) in [6.45, 7) is 1.83. The normalized spacial score (nSPS) is 16.6. The molecule has 6 heteroatoms. The monoisotopic (exact) mass is 270 g/mol. The predicted octanol–water partition coefficient (Wildman–Crippen LogP) is 3.10. The third-order valence-electron chi connectivity index (χ3n) is 2.68. The van der Waals surface area contributed by atoms with Crippen molar-refractivity contribution < 1.29 is 4.92 Å². The molecule has 0 saturated carbocycles. The minimum Gasteiger partial charge on any atom is -0.353 e. The van der Waals surface area contributed by atoms with Crippen molar-refractivity contribution in [1.29, 1.82) is 0 Å². The Labute approximate surface area is 109 Å². The van der Waals surface area contributed by atoms with Gasteiger partial charge in [0.1, 0.15) is 0 Å². The second kappa shape index (κ2) is 5.64. The Balaban J connectivity index is 2.30. The quantitative estimate of drug-likeness (QED) is 0.610. The van der Waals surface area contributed by atoms with Gasteiger partial charge in [-0.2, -0.15) is 0 Å². The standard InChI is InChI=1S/C11H14N2O2S2/c1-9-10(3-2-4-11(9)13(14)15)12-7-16-5-6-17-8-12/h2-4H,5-8H2,1H3. The molecule has 0 aromatic heterocycles. The molecular formula is C11H14N2O2S2. The molecule has 0 aliphatic carbocycles. The lowest BCUT2D eigenvalue weighted by atomic mass is 10.1. The van der Waals surface area contributed by atoms with Crippen molar-refractivity contribution >= 4 is 34.9 Å². The van der Waals surface area contributed by atoms with Crippen LogP contribution in [0.1, 0.15) is 5.56 Å². The van der Waals surface area contributed by atoms with E-state index >= 15 is 0 Å². The highest BCUT2D eigenvalue weighted by molar-refractivity contribution is 8.03. The van der Waals surface area contributed by atoms with E-state index in [0.29, 0.717) is 0 Å². The number of benzene rings is 1. The van der Waals surface area contributed by atoms with Gasteiger partial charge in [-0.25, -0.2) is 0 Å². The van der Waals surface area contributed by atoms with Crippen molar-refractivity contribution in [2.75, 3.05) is 28.2 Å². The topological polar surface area (TPSA) is 46.4 Å². The van der Waals surface area contributed by atoms with Gasteiger partial charge in [-0.1, -0.05) is 6.07 Å². The Morgan fingerprint density at radius 2 is 1.94 bits per heavy atom. The highest BCUT2D eigenvalue weighted by Gasteiger charge is 2.18. The molecular weight excluding hydrogens is 256 g/mol. The third-order valence-corrected chi connectivity index (χ3v) is 4.91. The van der Waals surface area contributed by atoms with Gasteiger partial charge >= 0.3 is 0 Å². The molecule has 1 saturated heterocycles. The SMILES string of the molecule is Cc1c(N2CSCCSC2)cccc1[N+](=O)[O-]. The van der Waals surface area contributed by atoms with Crippen molar-refractivity contribution in [1.82, 2.24) is 0 Å². The number of nitro benzene ring substituents is 1. The molecule has 1 aliphatic heterocycles.